The van der Waals surface area contributed by atoms with Gasteiger partial charge in [0.1, 0.15) is 0 Å². The van der Waals surface area contributed by atoms with E-state index in [0.29, 0.717) is 28.5 Å². The largest absolute Gasteiger partial charge is 0.379 e. The Morgan fingerprint density at radius 2 is 2.18 bits per heavy atom. The average molecular weight is 323 g/mol. The van der Waals surface area contributed by atoms with Crippen LogP contribution < -0.4 is 11.1 Å². The molecule has 9 nitrogen and oxygen atoms in total. The molecule has 3 rings (SSSR count). The minimum Gasteiger partial charge on any atom is -0.379 e. The summed E-state index contributed by atoms with van der Waals surface area (Å²) < 4.78 is 6.27. The summed E-state index contributed by atoms with van der Waals surface area (Å²) in [4.78, 5) is 11.9. The van der Waals surface area contributed by atoms with Gasteiger partial charge in [0.05, 0.1) is 5.75 Å². The molecule has 0 unspecified atom stereocenters. The first kappa shape index (κ1) is 14.8. The monoisotopic (exact) mass is 323 g/mol. The highest BCUT2D eigenvalue weighted by atomic mass is 32.2. The van der Waals surface area contributed by atoms with Gasteiger partial charge in [0.15, 0.2) is 22.5 Å². The summed E-state index contributed by atoms with van der Waals surface area (Å²) in [5, 5.41) is 18.9. The maximum atomic E-state index is 11.9. The highest BCUT2D eigenvalue weighted by Crippen LogP contribution is 2.24. The summed E-state index contributed by atoms with van der Waals surface area (Å²) in [5.41, 5.74) is 5.99. The van der Waals surface area contributed by atoms with E-state index in [9.17, 15) is 4.79 Å². The first-order valence-corrected chi connectivity index (χ1v) is 8.03. The van der Waals surface area contributed by atoms with E-state index in [4.69, 9.17) is 5.73 Å². The molecular formula is C12H17N7O2S. The fourth-order valence-corrected chi connectivity index (χ4v) is 3.19. The predicted octanol–water partition coefficient (Wildman–Crippen LogP) is 0.598. The van der Waals surface area contributed by atoms with Crippen molar-refractivity contribution in [3.05, 3.63) is 0 Å². The number of rotatable bonds is 5. The van der Waals surface area contributed by atoms with Crippen molar-refractivity contribution in [3.63, 3.8) is 0 Å². The second-order valence-electron chi connectivity index (χ2n) is 5.20. The molecule has 22 heavy (non-hydrogen) atoms. The third-order valence-electron chi connectivity index (χ3n) is 3.61. The van der Waals surface area contributed by atoms with Crippen LogP contribution in [-0.2, 0) is 11.8 Å². The van der Waals surface area contributed by atoms with Gasteiger partial charge in [-0.3, -0.25) is 4.79 Å². The first-order valence-electron chi connectivity index (χ1n) is 7.05. The lowest BCUT2D eigenvalue weighted by Gasteiger charge is -2.11. The molecule has 0 spiro atoms. The molecule has 2 aromatic heterocycles. The number of amides is 1. The standard InChI is InChI=1S/C12H17N7O2S/c1-19-11(9-10(13)18-21-17-9)15-16-12(19)22-6-8(20)14-7-4-2-3-5-7/h7H,2-6H2,1H3,(H2,13,18)(H,14,20). The smallest absolute Gasteiger partial charge is 0.230 e. The Kier molecular flexibility index (Phi) is 4.27. The van der Waals surface area contributed by atoms with Crippen LogP contribution in [0, 0.1) is 0 Å². The lowest BCUT2D eigenvalue weighted by Crippen LogP contribution is -2.33. The van der Waals surface area contributed by atoms with Crippen molar-refractivity contribution in [1.29, 1.82) is 0 Å². The number of nitrogens with two attached hydrogens (primary N) is 1. The average Bonchev–Trinajstić information content (AvgIpc) is 3.20. The van der Waals surface area contributed by atoms with E-state index in [2.05, 4.69) is 30.5 Å². The normalized spacial score (nSPS) is 15.3. The van der Waals surface area contributed by atoms with E-state index < -0.39 is 0 Å². The summed E-state index contributed by atoms with van der Waals surface area (Å²) in [7, 11) is 1.78. The number of hydrogen-bond donors (Lipinski definition) is 2. The van der Waals surface area contributed by atoms with Crippen molar-refractivity contribution in [2.45, 2.75) is 36.9 Å². The predicted molar refractivity (Wildman–Crippen MR) is 79.8 cm³/mol. The lowest BCUT2D eigenvalue weighted by atomic mass is 10.2. The van der Waals surface area contributed by atoms with Crippen LogP contribution in [0.25, 0.3) is 11.5 Å². The molecule has 3 N–H and O–H groups in total. The molecule has 0 bridgehead atoms. The van der Waals surface area contributed by atoms with Crippen molar-refractivity contribution in [3.8, 4) is 11.5 Å². The summed E-state index contributed by atoms with van der Waals surface area (Å²) in [6, 6.07) is 0.323. The Bertz CT molecular complexity index is 662. The molecule has 0 aliphatic heterocycles. The van der Waals surface area contributed by atoms with E-state index in [-0.39, 0.29) is 11.7 Å². The number of nitrogen functional groups attached to an aromatic ring is 1. The molecule has 0 saturated heterocycles. The van der Waals surface area contributed by atoms with E-state index in [1.807, 2.05) is 0 Å². The second kappa shape index (κ2) is 6.34. The van der Waals surface area contributed by atoms with Gasteiger partial charge in [0.25, 0.3) is 0 Å². The van der Waals surface area contributed by atoms with Crippen molar-refractivity contribution in [1.82, 2.24) is 30.4 Å². The number of nitrogens with zero attached hydrogens (tertiary/aromatic N) is 5. The number of hydrogen-bond acceptors (Lipinski definition) is 8. The van der Waals surface area contributed by atoms with E-state index in [0.717, 1.165) is 12.8 Å². The zero-order chi connectivity index (χ0) is 15.5. The van der Waals surface area contributed by atoms with Crippen LogP contribution in [0.1, 0.15) is 25.7 Å². The molecule has 2 heterocycles. The number of nitrogens with one attached hydrogen (secondary N) is 1. The van der Waals surface area contributed by atoms with Crippen LogP contribution in [-0.4, -0.2) is 42.8 Å². The Morgan fingerprint density at radius 3 is 2.86 bits per heavy atom. The number of thioether (sulfide) groups is 1. The number of aromatic nitrogens is 5. The zero-order valence-corrected chi connectivity index (χ0v) is 13.0. The summed E-state index contributed by atoms with van der Waals surface area (Å²) in [6.45, 7) is 0. The van der Waals surface area contributed by atoms with Crippen LogP contribution >= 0.6 is 11.8 Å². The highest BCUT2D eigenvalue weighted by Gasteiger charge is 2.20. The van der Waals surface area contributed by atoms with Gasteiger partial charge < -0.3 is 15.6 Å². The third kappa shape index (κ3) is 3.06. The van der Waals surface area contributed by atoms with Gasteiger partial charge in [-0.1, -0.05) is 24.6 Å². The van der Waals surface area contributed by atoms with E-state index >= 15 is 0 Å². The minimum absolute atomic E-state index is 0.0177. The van der Waals surface area contributed by atoms with Gasteiger partial charge in [-0.2, -0.15) is 0 Å². The number of anilines is 1. The van der Waals surface area contributed by atoms with Crippen molar-refractivity contribution in [2.24, 2.45) is 7.05 Å². The molecule has 0 radical (unpaired) electrons. The lowest BCUT2D eigenvalue weighted by molar-refractivity contribution is -0.119. The molecule has 1 amide bonds. The Labute approximate surface area is 131 Å². The minimum atomic E-state index is 0.0177. The number of carbonyl (C=O) groups is 1. The Balaban J connectivity index is 1.60. The van der Waals surface area contributed by atoms with Gasteiger partial charge in [-0.15, -0.1) is 10.2 Å². The van der Waals surface area contributed by atoms with Gasteiger partial charge >= 0.3 is 0 Å². The quantitative estimate of drug-likeness (QED) is 0.766. The van der Waals surface area contributed by atoms with Crippen molar-refractivity contribution >= 4 is 23.5 Å². The molecule has 2 aromatic rings. The molecule has 1 saturated carbocycles. The van der Waals surface area contributed by atoms with Gasteiger partial charge in [-0.25, -0.2) is 4.63 Å². The van der Waals surface area contributed by atoms with E-state index in [1.165, 1.54) is 24.6 Å². The molecular weight excluding hydrogens is 306 g/mol. The molecule has 0 aromatic carbocycles. The summed E-state index contributed by atoms with van der Waals surface area (Å²) >= 11 is 1.32. The van der Waals surface area contributed by atoms with Crippen LogP contribution in [0.4, 0.5) is 5.82 Å². The Morgan fingerprint density at radius 1 is 1.41 bits per heavy atom. The SMILES string of the molecule is Cn1c(SCC(=O)NC2CCCC2)nnc1-c1nonc1N. The van der Waals surface area contributed by atoms with Crippen LogP contribution in [0.5, 0.6) is 0 Å². The number of carbonyl (C=O) groups excluding carboxylic acids is 1. The molecule has 0 atom stereocenters. The third-order valence-corrected chi connectivity index (χ3v) is 4.63. The molecule has 10 heteroatoms. The van der Waals surface area contributed by atoms with Crippen LogP contribution in [0.15, 0.2) is 9.79 Å². The maximum Gasteiger partial charge on any atom is 0.230 e. The van der Waals surface area contributed by atoms with Crippen LogP contribution in [0.3, 0.4) is 0 Å². The maximum absolute atomic E-state index is 11.9. The van der Waals surface area contributed by atoms with Crippen LogP contribution in [0.2, 0.25) is 0 Å². The highest BCUT2D eigenvalue weighted by molar-refractivity contribution is 7.99. The fraction of sp³-hybridized carbons (Fsp3) is 0.583. The van der Waals surface area contributed by atoms with Gasteiger partial charge in [-0.05, 0) is 23.2 Å². The van der Waals surface area contributed by atoms with E-state index in [1.54, 1.807) is 11.6 Å². The Hall–Kier alpha value is -2.10. The molecule has 118 valence electrons. The second-order valence-corrected chi connectivity index (χ2v) is 6.14. The van der Waals surface area contributed by atoms with Gasteiger partial charge in [0, 0.05) is 13.1 Å². The van der Waals surface area contributed by atoms with Crippen molar-refractivity contribution < 1.29 is 9.42 Å². The molecule has 1 aliphatic carbocycles. The summed E-state index contributed by atoms with van der Waals surface area (Å²) in [5.74, 6) is 0.933. The summed E-state index contributed by atoms with van der Waals surface area (Å²) in [6.07, 6.45) is 4.53. The van der Waals surface area contributed by atoms with Gasteiger partial charge in [0.2, 0.25) is 5.91 Å². The van der Waals surface area contributed by atoms with Crippen molar-refractivity contribution in [2.75, 3.05) is 11.5 Å². The molecule has 1 fully saturated rings. The molecule has 1 aliphatic rings. The topological polar surface area (TPSA) is 125 Å². The fourth-order valence-electron chi connectivity index (χ4n) is 2.47. The first-order chi connectivity index (χ1) is 10.6. The zero-order valence-electron chi connectivity index (χ0n) is 12.2.